The third-order valence-corrected chi connectivity index (χ3v) is 5.88. The van der Waals surface area contributed by atoms with Crippen molar-refractivity contribution in [3.63, 3.8) is 0 Å². The first-order valence-electron chi connectivity index (χ1n) is 9.93. The summed E-state index contributed by atoms with van der Waals surface area (Å²) < 4.78 is 2.07. The van der Waals surface area contributed by atoms with E-state index >= 15 is 0 Å². The van der Waals surface area contributed by atoms with Crippen molar-refractivity contribution in [1.29, 1.82) is 0 Å². The maximum Gasteiger partial charge on any atom is 0.156 e. The molecule has 5 nitrogen and oxygen atoms in total. The number of hydrogen-bond acceptors (Lipinski definition) is 4. The Morgan fingerprint density at radius 1 is 1.08 bits per heavy atom. The number of aromatic nitrogens is 4. The number of imidazole rings is 1. The summed E-state index contributed by atoms with van der Waals surface area (Å²) in [5.41, 5.74) is 1.15. The molecule has 134 valence electrons. The predicted octanol–water partition coefficient (Wildman–Crippen LogP) is 3.74. The highest BCUT2D eigenvalue weighted by molar-refractivity contribution is 5.24. The van der Waals surface area contributed by atoms with Gasteiger partial charge in [0.2, 0.25) is 0 Å². The van der Waals surface area contributed by atoms with Gasteiger partial charge in [0.15, 0.2) is 5.82 Å². The van der Waals surface area contributed by atoms with Crippen LogP contribution < -0.4 is 0 Å². The van der Waals surface area contributed by atoms with Crippen LogP contribution in [0.5, 0.6) is 0 Å². The molecule has 1 aliphatic carbocycles. The summed E-state index contributed by atoms with van der Waals surface area (Å²) in [7, 11) is 0. The molecule has 2 aromatic heterocycles. The van der Waals surface area contributed by atoms with E-state index in [9.17, 15) is 0 Å². The molecule has 2 fully saturated rings. The third-order valence-electron chi connectivity index (χ3n) is 5.88. The zero-order valence-corrected chi connectivity index (χ0v) is 15.3. The van der Waals surface area contributed by atoms with Crippen molar-refractivity contribution >= 4 is 0 Å². The summed E-state index contributed by atoms with van der Waals surface area (Å²) >= 11 is 0. The van der Waals surface area contributed by atoms with Gasteiger partial charge in [-0.3, -0.25) is 14.5 Å². The van der Waals surface area contributed by atoms with Crippen molar-refractivity contribution in [2.75, 3.05) is 13.1 Å². The van der Waals surface area contributed by atoms with Crippen LogP contribution >= 0.6 is 0 Å². The molecule has 1 aliphatic heterocycles. The second kappa shape index (κ2) is 7.65. The fraction of sp³-hybridized carbons (Fsp3) is 0.650. The minimum Gasteiger partial charge on any atom is -0.300 e. The molecule has 0 N–H and O–H groups in total. The van der Waals surface area contributed by atoms with Crippen LogP contribution in [0.15, 0.2) is 24.8 Å². The molecule has 1 atom stereocenters. The van der Waals surface area contributed by atoms with E-state index in [1.807, 2.05) is 24.8 Å². The Hall–Kier alpha value is -1.75. The van der Waals surface area contributed by atoms with Crippen LogP contribution in [0.2, 0.25) is 0 Å². The maximum absolute atomic E-state index is 4.96. The molecule has 0 radical (unpaired) electrons. The average molecular weight is 339 g/mol. The predicted molar refractivity (Wildman–Crippen MR) is 99.0 cm³/mol. The van der Waals surface area contributed by atoms with Crippen LogP contribution in [0.1, 0.15) is 69.3 Å². The van der Waals surface area contributed by atoms with Crippen molar-refractivity contribution < 1.29 is 0 Å². The maximum atomic E-state index is 4.96. The highest BCUT2D eigenvalue weighted by Crippen LogP contribution is 2.31. The lowest BCUT2D eigenvalue weighted by Crippen LogP contribution is -2.43. The van der Waals surface area contributed by atoms with E-state index in [0.717, 1.165) is 36.3 Å². The molecule has 2 aromatic rings. The monoisotopic (exact) mass is 339 g/mol. The second-order valence-corrected chi connectivity index (χ2v) is 7.50. The summed E-state index contributed by atoms with van der Waals surface area (Å²) in [6.45, 7) is 4.53. The van der Waals surface area contributed by atoms with E-state index in [1.165, 1.54) is 51.5 Å². The average Bonchev–Trinajstić information content (AvgIpc) is 3.18. The molecular formula is C20H29N5. The largest absolute Gasteiger partial charge is 0.300 e. The molecule has 3 heterocycles. The standard InChI is InChI=1S/C20H29N5/c1-2-19-22-10-12-25(19)20-14-21-13-18(23-20)16-7-6-11-24(15-16)17-8-4-3-5-9-17/h10,12-14,16-17H,2-9,11,15H2,1H3/t16-/m0/s1. The molecule has 0 aromatic carbocycles. The number of piperidine rings is 1. The lowest BCUT2D eigenvalue weighted by atomic mass is 9.89. The summed E-state index contributed by atoms with van der Waals surface area (Å²) in [5, 5.41) is 0. The molecule has 25 heavy (non-hydrogen) atoms. The number of likely N-dealkylation sites (tertiary alicyclic amines) is 1. The van der Waals surface area contributed by atoms with E-state index < -0.39 is 0 Å². The summed E-state index contributed by atoms with van der Waals surface area (Å²) in [5.74, 6) is 2.46. The lowest BCUT2D eigenvalue weighted by molar-refractivity contribution is 0.118. The van der Waals surface area contributed by atoms with E-state index in [0.29, 0.717) is 5.92 Å². The number of rotatable bonds is 4. The lowest BCUT2D eigenvalue weighted by Gasteiger charge is -2.39. The summed E-state index contributed by atoms with van der Waals surface area (Å²) in [4.78, 5) is 16.6. The first kappa shape index (κ1) is 16.7. The molecule has 0 unspecified atom stereocenters. The topological polar surface area (TPSA) is 46.8 Å². The summed E-state index contributed by atoms with van der Waals surface area (Å²) in [6, 6.07) is 0.799. The smallest absolute Gasteiger partial charge is 0.156 e. The third kappa shape index (κ3) is 3.61. The zero-order valence-electron chi connectivity index (χ0n) is 15.3. The Morgan fingerprint density at radius 2 is 1.96 bits per heavy atom. The molecule has 1 saturated heterocycles. The number of aryl methyl sites for hydroxylation is 1. The number of nitrogens with zero attached hydrogens (tertiary/aromatic N) is 5. The molecule has 0 spiro atoms. The van der Waals surface area contributed by atoms with Gasteiger partial charge in [0.05, 0.1) is 11.9 Å². The van der Waals surface area contributed by atoms with Gasteiger partial charge < -0.3 is 0 Å². The van der Waals surface area contributed by atoms with Crippen LogP contribution in [-0.2, 0) is 6.42 Å². The molecule has 5 heteroatoms. The molecule has 4 rings (SSSR count). The van der Waals surface area contributed by atoms with Gasteiger partial charge in [-0.05, 0) is 32.2 Å². The van der Waals surface area contributed by atoms with Gasteiger partial charge in [0, 0.05) is 43.5 Å². The van der Waals surface area contributed by atoms with Gasteiger partial charge in [-0.15, -0.1) is 0 Å². The molecular weight excluding hydrogens is 310 g/mol. The van der Waals surface area contributed by atoms with E-state index in [4.69, 9.17) is 4.98 Å². The Balaban J connectivity index is 1.52. The van der Waals surface area contributed by atoms with E-state index in [-0.39, 0.29) is 0 Å². The van der Waals surface area contributed by atoms with E-state index in [1.54, 1.807) is 0 Å². The molecule has 2 aliphatic rings. The fourth-order valence-corrected chi connectivity index (χ4v) is 4.51. The van der Waals surface area contributed by atoms with Crippen molar-refractivity contribution in [3.05, 3.63) is 36.3 Å². The van der Waals surface area contributed by atoms with Crippen molar-refractivity contribution in [2.24, 2.45) is 0 Å². The van der Waals surface area contributed by atoms with Crippen LogP contribution in [0.3, 0.4) is 0 Å². The first-order chi connectivity index (χ1) is 12.3. The van der Waals surface area contributed by atoms with Crippen LogP contribution in [-0.4, -0.2) is 43.6 Å². The second-order valence-electron chi connectivity index (χ2n) is 7.50. The first-order valence-corrected chi connectivity index (χ1v) is 9.93. The van der Waals surface area contributed by atoms with Gasteiger partial charge in [-0.25, -0.2) is 9.97 Å². The summed E-state index contributed by atoms with van der Waals surface area (Å²) in [6.07, 6.45) is 18.1. The van der Waals surface area contributed by atoms with E-state index in [2.05, 4.69) is 26.4 Å². The quantitative estimate of drug-likeness (QED) is 0.851. The van der Waals surface area contributed by atoms with Crippen molar-refractivity contribution in [2.45, 2.75) is 70.3 Å². The van der Waals surface area contributed by atoms with Crippen LogP contribution in [0, 0.1) is 0 Å². The SMILES string of the molecule is CCc1nccn1-c1cncc([C@H]2CCCN(C3CCCCC3)C2)n1. The molecule has 1 saturated carbocycles. The Kier molecular flexibility index (Phi) is 5.11. The Morgan fingerprint density at radius 3 is 2.80 bits per heavy atom. The van der Waals surface area contributed by atoms with Gasteiger partial charge in [-0.1, -0.05) is 26.2 Å². The molecule has 0 amide bonds. The minimum atomic E-state index is 0.511. The van der Waals surface area contributed by atoms with Gasteiger partial charge in [0.25, 0.3) is 0 Å². The van der Waals surface area contributed by atoms with Crippen molar-refractivity contribution in [3.8, 4) is 5.82 Å². The Labute approximate surface area is 150 Å². The van der Waals surface area contributed by atoms with Crippen molar-refractivity contribution in [1.82, 2.24) is 24.4 Å². The van der Waals surface area contributed by atoms with Crippen LogP contribution in [0.25, 0.3) is 5.82 Å². The fourth-order valence-electron chi connectivity index (χ4n) is 4.51. The van der Waals surface area contributed by atoms with Gasteiger partial charge in [0.1, 0.15) is 5.82 Å². The van der Waals surface area contributed by atoms with Gasteiger partial charge in [-0.2, -0.15) is 0 Å². The normalized spacial score (nSPS) is 23.0. The van der Waals surface area contributed by atoms with Gasteiger partial charge >= 0.3 is 0 Å². The Bertz CT molecular complexity index is 689. The zero-order chi connectivity index (χ0) is 17.1. The highest BCUT2D eigenvalue weighted by atomic mass is 15.2. The number of hydrogen-bond donors (Lipinski definition) is 0. The van der Waals surface area contributed by atoms with Crippen LogP contribution in [0.4, 0.5) is 0 Å². The minimum absolute atomic E-state index is 0.511. The highest BCUT2D eigenvalue weighted by Gasteiger charge is 2.28. The molecule has 0 bridgehead atoms.